The molecule has 0 bridgehead atoms. The van der Waals surface area contributed by atoms with Crippen LogP contribution in [0.25, 0.3) is 11.1 Å². The Morgan fingerprint density at radius 2 is 2.03 bits per heavy atom. The first kappa shape index (κ1) is 20.8. The maximum absolute atomic E-state index is 12.8. The molecule has 3 N–H and O–H groups in total. The summed E-state index contributed by atoms with van der Waals surface area (Å²) >= 11 is 6.40. The fourth-order valence-corrected chi connectivity index (χ4v) is 4.69. The molecule has 0 saturated heterocycles. The van der Waals surface area contributed by atoms with Crippen LogP contribution in [0.1, 0.15) is 57.4 Å². The van der Waals surface area contributed by atoms with Crippen molar-refractivity contribution in [1.82, 2.24) is 20.1 Å². The molecule has 0 spiro atoms. The Morgan fingerprint density at radius 1 is 1.20 bits per heavy atom. The van der Waals surface area contributed by atoms with Crippen molar-refractivity contribution in [2.45, 2.75) is 64.1 Å². The van der Waals surface area contributed by atoms with Crippen molar-refractivity contribution in [1.29, 1.82) is 0 Å². The summed E-state index contributed by atoms with van der Waals surface area (Å²) in [5.74, 6) is 0.0888. The molecule has 2 aliphatic rings. The quantitative estimate of drug-likeness (QED) is 0.689. The summed E-state index contributed by atoms with van der Waals surface area (Å²) in [6, 6.07) is 1.79. The van der Waals surface area contributed by atoms with Crippen molar-refractivity contribution in [2.24, 2.45) is 5.92 Å². The van der Waals surface area contributed by atoms with Crippen LogP contribution in [0, 0.1) is 5.92 Å². The molecule has 4 rings (SSSR count). The van der Waals surface area contributed by atoms with Gasteiger partial charge in [-0.25, -0.2) is 9.67 Å². The molecule has 2 aromatic heterocycles. The van der Waals surface area contributed by atoms with Gasteiger partial charge in [-0.2, -0.15) is 5.10 Å². The van der Waals surface area contributed by atoms with Crippen molar-refractivity contribution in [3.05, 3.63) is 29.2 Å². The number of amides is 2. The Kier molecular flexibility index (Phi) is 6.06. The van der Waals surface area contributed by atoms with Crippen LogP contribution in [0.3, 0.4) is 0 Å². The van der Waals surface area contributed by atoms with E-state index in [9.17, 15) is 14.7 Å². The van der Waals surface area contributed by atoms with Crippen LogP contribution in [0.5, 0.6) is 0 Å². The molecule has 8 nitrogen and oxygen atoms in total. The number of nitrogens with zero attached hydrogens (tertiary/aromatic N) is 3. The van der Waals surface area contributed by atoms with E-state index in [-0.39, 0.29) is 23.8 Å². The Hall–Kier alpha value is -2.45. The monoisotopic (exact) mass is 431 g/mol. The third kappa shape index (κ3) is 4.34. The average Bonchev–Trinajstić information content (AvgIpc) is 3.14. The second-order valence-electron chi connectivity index (χ2n) is 8.12. The van der Waals surface area contributed by atoms with Crippen LogP contribution in [-0.4, -0.2) is 37.7 Å². The zero-order chi connectivity index (χ0) is 21.3. The molecule has 1 aliphatic carbocycles. The number of fused-ring (bicyclic) bond motifs is 1. The molecular formula is C21H26ClN5O3. The van der Waals surface area contributed by atoms with Crippen LogP contribution >= 0.6 is 11.6 Å². The normalized spacial score (nSPS) is 23.5. The molecule has 30 heavy (non-hydrogen) atoms. The standard InChI is InChI=1S/C21H26ClN5O3/c1-12(28)25-14-5-2-4-13(8-14)21(30)26-19-9-15(17(22)11-23-19)16-10-24-27-18(16)6-3-7-20(27)29/h9-11,13-14,20,29H,2-8H2,1H3,(H,25,28)(H,23,26,30)/t13-,14?,20?/m1/s1. The van der Waals surface area contributed by atoms with Crippen molar-refractivity contribution in [3.63, 3.8) is 0 Å². The smallest absolute Gasteiger partial charge is 0.228 e. The van der Waals surface area contributed by atoms with Gasteiger partial charge in [-0.3, -0.25) is 9.59 Å². The van der Waals surface area contributed by atoms with E-state index in [4.69, 9.17) is 11.6 Å². The predicted octanol–water partition coefficient (Wildman–Crippen LogP) is 3.06. The van der Waals surface area contributed by atoms with Crippen LogP contribution in [0.15, 0.2) is 18.5 Å². The van der Waals surface area contributed by atoms with Crippen LogP contribution in [0.4, 0.5) is 5.82 Å². The maximum atomic E-state index is 12.8. The largest absolute Gasteiger partial charge is 0.372 e. The van der Waals surface area contributed by atoms with E-state index >= 15 is 0 Å². The van der Waals surface area contributed by atoms with Gasteiger partial charge in [-0.1, -0.05) is 18.0 Å². The van der Waals surface area contributed by atoms with Gasteiger partial charge < -0.3 is 15.7 Å². The highest BCUT2D eigenvalue weighted by Crippen LogP contribution is 2.36. The first-order valence-corrected chi connectivity index (χ1v) is 10.8. The molecule has 1 fully saturated rings. The van der Waals surface area contributed by atoms with Gasteiger partial charge in [0, 0.05) is 41.9 Å². The third-order valence-corrected chi connectivity index (χ3v) is 6.21. The van der Waals surface area contributed by atoms with E-state index in [1.807, 2.05) is 0 Å². The highest BCUT2D eigenvalue weighted by molar-refractivity contribution is 6.33. The number of aliphatic hydroxyl groups is 1. The average molecular weight is 432 g/mol. The first-order valence-electron chi connectivity index (χ1n) is 10.4. The number of halogens is 1. The summed E-state index contributed by atoms with van der Waals surface area (Å²) in [7, 11) is 0. The summed E-state index contributed by atoms with van der Waals surface area (Å²) in [4.78, 5) is 28.4. The van der Waals surface area contributed by atoms with Gasteiger partial charge in [-0.15, -0.1) is 0 Å². The van der Waals surface area contributed by atoms with E-state index in [1.54, 1.807) is 16.9 Å². The van der Waals surface area contributed by atoms with Gasteiger partial charge in [-0.05, 0) is 44.6 Å². The topological polar surface area (TPSA) is 109 Å². The zero-order valence-corrected chi connectivity index (χ0v) is 17.7. The van der Waals surface area contributed by atoms with E-state index < -0.39 is 6.23 Å². The van der Waals surface area contributed by atoms with Crippen LogP contribution < -0.4 is 10.6 Å². The van der Waals surface area contributed by atoms with Crippen LogP contribution in [0.2, 0.25) is 5.02 Å². The van der Waals surface area contributed by atoms with E-state index in [0.717, 1.165) is 48.9 Å². The minimum absolute atomic E-state index is 0.0334. The van der Waals surface area contributed by atoms with Crippen molar-refractivity contribution in [3.8, 4) is 11.1 Å². The molecule has 3 atom stereocenters. The highest BCUT2D eigenvalue weighted by Gasteiger charge is 2.28. The first-order chi connectivity index (χ1) is 14.4. The molecule has 1 saturated carbocycles. The molecule has 0 radical (unpaired) electrons. The number of rotatable bonds is 4. The van der Waals surface area contributed by atoms with Gasteiger partial charge in [0.15, 0.2) is 0 Å². The zero-order valence-electron chi connectivity index (χ0n) is 16.9. The second-order valence-corrected chi connectivity index (χ2v) is 8.53. The van der Waals surface area contributed by atoms with Crippen molar-refractivity contribution in [2.75, 3.05) is 5.32 Å². The third-order valence-electron chi connectivity index (χ3n) is 5.91. The number of aliphatic hydroxyl groups excluding tert-OH is 1. The number of hydrogen-bond donors (Lipinski definition) is 3. The maximum Gasteiger partial charge on any atom is 0.228 e. The summed E-state index contributed by atoms with van der Waals surface area (Å²) in [6.45, 7) is 1.50. The molecule has 2 unspecified atom stereocenters. The molecule has 3 heterocycles. The predicted molar refractivity (Wildman–Crippen MR) is 113 cm³/mol. The lowest BCUT2D eigenvalue weighted by molar-refractivity contribution is -0.123. The number of pyridine rings is 1. The Balaban J connectivity index is 1.51. The molecule has 160 valence electrons. The number of carbonyl (C=O) groups is 2. The lowest BCUT2D eigenvalue weighted by atomic mass is 9.85. The molecule has 0 aromatic carbocycles. The summed E-state index contributed by atoms with van der Waals surface area (Å²) in [5.41, 5.74) is 2.52. The van der Waals surface area contributed by atoms with Gasteiger partial charge in [0.05, 0.1) is 11.2 Å². The molecule has 2 aromatic rings. The number of nitrogens with one attached hydrogen (secondary N) is 2. The lowest BCUT2D eigenvalue weighted by Crippen LogP contribution is -2.40. The number of aromatic nitrogens is 3. The van der Waals surface area contributed by atoms with Gasteiger partial charge in [0.25, 0.3) is 0 Å². The molecular weight excluding hydrogens is 406 g/mol. The molecule has 9 heteroatoms. The minimum Gasteiger partial charge on any atom is -0.372 e. The Morgan fingerprint density at radius 3 is 2.83 bits per heavy atom. The molecule has 1 aliphatic heterocycles. The fraction of sp³-hybridized carbons (Fsp3) is 0.524. The SMILES string of the molecule is CC(=O)NC1CCC[C@@H](C(=O)Nc2cc(-c3cnn4c3CCCC4O)c(Cl)cn2)C1. The van der Waals surface area contributed by atoms with Crippen LogP contribution in [-0.2, 0) is 16.0 Å². The van der Waals surface area contributed by atoms with Gasteiger partial charge in [0.2, 0.25) is 11.8 Å². The van der Waals surface area contributed by atoms with E-state index in [0.29, 0.717) is 23.7 Å². The summed E-state index contributed by atoms with van der Waals surface area (Å²) in [5, 5.41) is 20.8. The van der Waals surface area contributed by atoms with Gasteiger partial charge >= 0.3 is 0 Å². The van der Waals surface area contributed by atoms with E-state index in [1.165, 1.54) is 13.1 Å². The second kappa shape index (κ2) is 8.73. The van der Waals surface area contributed by atoms with Crippen molar-refractivity contribution < 1.29 is 14.7 Å². The lowest BCUT2D eigenvalue weighted by Gasteiger charge is -2.28. The Bertz CT molecular complexity index is 960. The fourth-order valence-electron chi connectivity index (χ4n) is 4.48. The van der Waals surface area contributed by atoms with Crippen molar-refractivity contribution >= 4 is 29.2 Å². The number of carbonyl (C=O) groups excluding carboxylic acids is 2. The molecule has 2 amide bonds. The number of anilines is 1. The minimum atomic E-state index is -0.620. The van der Waals surface area contributed by atoms with Gasteiger partial charge in [0.1, 0.15) is 12.0 Å². The number of hydrogen-bond acceptors (Lipinski definition) is 5. The summed E-state index contributed by atoms with van der Waals surface area (Å²) in [6.07, 6.45) is 8.18. The Labute approximate surface area is 180 Å². The summed E-state index contributed by atoms with van der Waals surface area (Å²) < 4.78 is 1.64. The highest BCUT2D eigenvalue weighted by atomic mass is 35.5. The van der Waals surface area contributed by atoms with E-state index in [2.05, 4.69) is 20.7 Å².